The molecule has 0 radical (unpaired) electrons. The summed E-state index contributed by atoms with van der Waals surface area (Å²) in [4.78, 5) is 26.6. The highest BCUT2D eigenvalue weighted by atomic mass is 32.1. The second-order valence-corrected chi connectivity index (χ2v) is 7.92. The lowest BCUT2D eigenvalue weighted by Gasteiger charge is -2.02. The van der Waals surface area contributed by atoms with Gasteiger partial charge in [0, 0.05) is 29.7 Å². The van der Waals surface area contributed by atoms with Gasteiger partial charge >= 0.3 is 0 Å². The molecule has 29 heavy (non-hydrogen) atoms. The summed E-state index contributed by atoms with van der Waals surface area (Å²) < 4.78 is 7.03. The molecule has 0 unspecified atom stereocenters. The van der Waals surface area contributed by atoms with Crippen LogP contribution >= 0.6 is 11.3 Å². The molecule has 4 heterocycles. The fourth-order valence-corrected chi connectivity index (χ4v) is 3.64. The number of carbonyl (C=O) groups excluding carboxylic acids is 1. The van der Waals surface area contributed by atoms with E-state index in [1.807, 2.05) is 23.6 Å². The van der Waals surface area contributed by atoms with Crippen molar-refractivity contribution in [3.8, 4) is 17.3 Å². The van der Waals surface area contributed by atoms with Crippen LogP contribution in [0.4, 0.5) is 0 Å². The summed E-state index contributed by atoms with van der Waals surface area (Å²) >= 11 is 1.68. The minimum absolute atomic E-state index is 0.199. The van der Waals surface area contributed by atoms with Crippen LogP contribution in [0.3, 0.4) is 0 Å². The van der Waals surface area contributed by atoms with Crippen molar-refractivity contribution in [1.82, 2.24) is 30.0 Å². The molecule has 4 aromatic heterocycles. The van der Waals surface area contributed by atoms with E-state index in [1.54, 1.807) is 34.6 Å². The molecule has 8 nitrogen and oxygen atoms in total. The minimum atomic E-state index is -0.199. The molecule has 0 atom stereocenters. The minimum Gasteiger partial charge on any atom is -0.350 e. The molecule has 1 aliphatic carbocycles. The first-order valence-corrected chi connectivity index (χ1v) is 10.3. The van der Waals surface area contributed by atoms with Gasteiger partial charge in [0.05, 0.1) is 5.56 Å². The van der Waals surface area contributed by atoms with Gasteiger partial charge in [-0.15, -0.1) is 11.3 Å². The molecule has 146 valence electrons. The monoisotopic (exact) mass is 406 g/mol. The zero-order valence-corrected chi connectivity index (χ0v) is 16.3. The summed E-state index contributed by atoms with van der Waals surface area (Å²) in [6, 6.07) is 7.76. The Bertz CT molecular complexity index is 1110. The number of hydrogen-bond donors (Lipinski definition) is 1. The van der Waals surface area contributed by atoms with Crippen LogP contribution in [0.5, 0.6) is 0 Å². The molecule has 0 bridgehead atoms. The van der Waals surface area contributed by atoms with E-state index in [4.69, 9.17) is 4.52 Å². The van der Waals surface area contributed by atoms with E-state index in [9.17, 15) is 4.79 Å². The maximum absolute atomic E-state index is 12.3. The third-order valence-corrected chi connectivity index (χ3v) is 5.63. The number of nitrogens with one attached hydrogen (secondary N) is 1. The Labute approximate surface area is 170 Å². The molecule has 1 aliphatic rings. The van der Waals surface area contributed by atoms with Gasteiger partial charge in [-0.25, -0.2) is 9.97 Å². The maximum atomic E-state index is 12.3. The van der Waals surface area contributed by atoms with E-state index < -0.39 is 0 Å². The second kappa shape index (κ2) is 7.59. The van der Waals surface area contributed by atoms with E-state index in [0.717, 1.165) is 30.7 Å². The normalized spacial score (nSPS) is 13.5. The van der Waals surface area contributed by atoms with Gasteiger partial charge < -0.3 is 9.84 Å². The zero-order chi connectivity index (χ0) is 19.6. The lowest BCUT2D eigenvalue weighted by molar-refractivity contribution is 0.0949. The standard InChI is InChI=1S/C20H18N6O2S/c27-19(21-8-7-15-2-1-9-29-15)16-11-26(12-23-16)17-6-5-14(10-22-17)20-24-18(25-28-20)13-3-4-13/h1-2,5-6,9-13H,3-4,7-8H2,(H,21,27). The van der Waals surface area contributed by atoms with Crippen molar-refractivity contribution < 1.29 is 9.32 Å². The number of hydrogen-bond acceptors (Lipinski definition) is 7. The summed E-state index contributed by atoms with van der Waals surface area (Å²) in [5.41, 5.74) is 1.12. The molecular weight excluding hydrogens is 388 g/mol. The smallest absolute Gasteiger partial charge is 0.271 e. The van der Waals surface area contributed by atoms with Crippen molar-refractivity contribution in [2.75, 3.05) is 6.54 Å². The largest absolute Gasteiger partial charge is 0.350 e. The van der Waals surface area contributed by atoms with Crippen LogP contribution in [0.25, 0.3) is 17.3 Å². The van der Waals surface area contributed by atoms with Crippen molar-refractivity contribution >= 4 is 17.2 Å². The molecule has 1 amide bonds. The van der Waals surface area contributed by atoms with Gasteiger partial charge in [0.2, 0.25) is 0 Å². The second-order valence-electron chi connectivity index (χ2n) is 6.89. The molecule has 0 saturated heterocycles. The molecule has 9 heteroatoms. The number of carbonyl (C=O) groups is 1. The van der Waals surface area contributed by atoms with Crippen LogP contribution in [-0.4, -0.2) is 37.1 Å². The highest BCUT2D eigenvalue weighted by Crippen LogP contribution is 2.38. The highest BCUT2D eigenvalue weighted by molar-refractivity contribution is 7.09. The number of aromatic nitrogens is 5. The first-order valence-electron chi connectivity index (χ1n) is 9.41. The topological polar surface area (TPSA) is 98.7 Å². The molecule has 1 fully saturated rings. The van der Waals surface area contributed by atoms with Gasteiger partial charge in [0.25, 0.3) is 11.8 Å². The average molecular weight is 406 g/mol. The fraction of sp³-hybridized carbons (Fsp3) is 0.250. The van der Waals surface area contributed by atoms with Crippen molar-refractivity contribution in [3.63, 3.8) is 0 Å². The Kier molecular flexibility index (Phi) is 4.65. The predicted molar refractivity (Wildman–Crippen MR) is 107 cm³/mol. The Hall–Kier alpha value is -3.33. The average Bonchev–Trinajstić information content (AvgIpc) is 3.19. The van der Waals surface area contributed by atoms with Gasteiger partial charge in [-0.2, -0.15) is 4.98 Å². The fourth-order valence-electron chi connectivity index (χ4n) is 2.93. The van der Waals surface area contributed by atoms with E-state index in [1.165, 1.54) is 4.88 Å². The summed E-state index contributed by atoms with van der Waals surface area (Å²) in [7, 11) is 0. The zero-order valence-electron chi connectivity index (χ0n) is 15.5. The van der Waals surface area contributed by atoms with E-state index in [-0.39, 0.29) is 5.91 Å². The maximum Gasteiger partial charge on any atom is 0.271 e. The van der Waals surface area contributed by atoms with Crippen LogP contribution < -0.4 is 5.32 Å². The number of nitrogens with zero attached hydrogens (tertiary/aromatic N) is 5. The van der Waals surface area contributed by atoms with Gasteiger partial charge in [-0.05, 0) is 42.8 Å². The number of imidazole rings is 1. The SMILES string of the molecule is O=C(NCCc1cccs1)c1cn(-c2ccc(-c3nc(C4CC4)no3)cn2)cn1. The number of amides is 1. The van der Waals surface area contributed by atoms with Crippen molar-refractivity contribution in [1.29, 1.82) is 0 Å². The Morgan fingerprint density at radius 1 is 1.28 bits per heavy atom. The molecule has 1 saturated carbocycles. The third kappa shape index (κ3) is 3.95. The van der Waals surface area contributed by atoms with Gasteiger partial charge in [0.15, 0.2) is 5.82 Å². The highest BCUT2D eigenvalue weighted by Gasteiger charge is 2.29. The Morgan fingerprint density at radius 3 is 2.97 bits per heavy atom. The quantitative estimate of drug-likeness (QED) is 0.506. The van der Waals surface area contributed by atoms with E-state index in [2.05, 4.69) is 31.5 Å². The molecule has 0 aromatic carbocycles. The van der Waals surface area contributed by atoms with Gasteiger partial charge in [-0.1, -0.05) is 11.2 Å². The molecule has 5 rings (SSSR count). The molecule has 1 N–H and O–H groups in total. The van der Waals surface area contributed by atoms with Crippen molar-refractivity contribution in [2.24, 2.45) is 0 Å². The molecular formula is C20H18N6O2S. The molecule has 4 aromatic rings. The van der Waals surface area contributed by atoms with E-state index in [0.29, 0.717) is 29.9 Å². The van der Waals surface area contributed by atoms with Crippen molar-refractivity contribution in [3.05, 3.63) is 64.8 Å². The van der Waals surface area contributed by atoms with Crippen LogP contribution in [0.1, 0.15) is 39.9 Å². The Morgan fingerprint density at radius 2 is 2.21 bits per heavy atom. The first-order chi connectivity index (χ1) is 14.3. The van der Waals surface area contributed by atoms with Gasteiger partial charge in [0.1, 0.15) is 17.8 Å². The summed E-state index contributed by atoms with van der Waals surface area (Å²) in [5.74, 6) is 2.15. The number of pyridine rings is 1. The number of thiophene rings is 1. The van der Waals surface area contributed by atoms with E-state index >= 15 is 0 Å². The number of rotatable bonds is 7. The molecule has 0 aliphatic heterocycles. The predicted octanol–water partition coefficient (Wildman–Crippen LogP) is 3.23. The summed E-state index contributed by atoms with van der Waals surface area (Å²) in [6.07, 6.45) is 7.99. The summed E-state index contributed by atoms with van der Waals surface area (Å²) in [6.45, 7) is 0.576. The first kappa shape index (κ1) is 17.7. The van der Waals surface area contributed by atoms with Crippen molar-refractivity contribution in [2.45, 2.75) is 25.2 Å². The van der Waals surface area contributed by atoms with Crippen LogP contribution in [0.15, 0.2) is 52.9 Å². The van der Waals surface area contributed by atoms with Gasteiger partial charge in [-0.3, -0.25) is 9.36 Å². The third-order valence-electron chi connectivity index (χ3n) is 4.70. The molecule has 0 spiro atoms. The van der Waals surface area contributed by atoms with Crippen LogP contribution in [0, 0.1) is 0 Å². The van der Waals surface area contributed by atoms with Crippen LogP contribution in [0.2, 0.25) is 0 Å². The lowest BCUT2D eigenvalue weighted by atomic mass is 10.3. The summed E-state index contributed by atoms with van der Waals surface area (Å²) in [5, 5.41) is 8.95. The lowest BCUT2D eigenvalue weighted by Crippen LogP contribution is -2.25. The van der Waals surface area contributed by atoms with Crippen LogP contribution in [-0.2, 0) is 6.42 Å². The Balaban J connectivity index is 1.23.